The van der Waals surface area contributed by atoms with Gasteiger partial charge in [-0.1, -0.05) is 38.1 Å². The van der Waals surface area contributed by atoms with Crippen LogP contribution in [-0.2, 0) is 0 Å². The third-order valence-corrected chi connectivity index (χ3v) is 3.59. The van der Waals surface area contributed by atoms with Gasteiger partial charge in [0, 0.05) is 16.6 Å². The second kappa shape index (κ2) is 5.44. The summed E-state index contributed by atoms with van der Waals surface area (Å²) in [4.78, 5) is 15.4. The number of anilines is 1. The maximum Gasteiger partial charge on any atom is 0.272 e. The molecule has 1 aromatic heterocycles. The van der Waals surface area contributed by atoms with E-state index < -0.39 is 0 Å². The summed E-state index contributed by atoms with van der Waals surface area (Å²) in [5.74, 6) is 0.356. The lowest BCUT2D eigenvalue weighted by molar-refractivity contribution is 0.102. The first-order valence-corrected chi connectivity index (χ1v) is 7.12. The van der Waals surface area contributed by atoms with Crippen molar-refractivity contribution in [3.8, 4) is 0 Å². The number of fused-ring (bicyclic) bond motifs is 1. The fourth-order valence-corrected chi connectivity index (χ4v) is 2.35. The van der Waals surface area contributed by atoms with Gasteiger partial charge in [0.15, 0.2) is 0 Å². The van der Waals surface area contributed by atoms with Crippen molar-refractivity contribution < 1.29 is 4.79 Å². The molecule has 0 unspecified atom stereocenters. The number of carbonyl (C=O) groups is 1. The van der Waals surface area contributed by atoms with Crippen LogP contribution in [-0.4, -0.2) is 10.9 Å². The topological polar surface area (TPSA) is 44.9 Å². The van der Waals surface area contributed by atoms with Gasteiger partial charge in [-0.2, -0.15) is 0 Å². The molecular formula is C18H18N2O. The third-order valence-electron chi connectivity index (χ3n) is 3.59. The minimum absolute atomic E-state index is 0.122. The number of H-pyrrole nitrogens is 1. The Morgan fingerprint density at radius 3 is 2.52 bits per heavy atom. The molecule has 0 radical (unpaired) electrons. The van der Waals surface area contributed by atoms with E-state index >= 15 is 0 Å². The number of nitrogens with one attached hydrogen (secondary N) is 2. The second-order valence-electron chi connectivity index (χ2n) is 5.50. The molecule has 3 heteroatoms. The van der Waals surface area contributed by atoms with Crippen LogP contribution < -0.4 is 5.32 Å². The lowest BCUT2D eigenvalue weighted by atomic mass is 10.0. The molecule has 1 amide bonds. The zero-order valence-electron chi connectivity index (χ0n) is 12.2. The number of amides is 1. The molecule has 106 valence electrons. The number of aromatic amines is 1. The highest BCUT2D eigenvalue weighted by Crippen LogP contribution is 2.22. The van der Waals surface area contributed by atoms with Gasteiger partial charge >= 0.3 is 0 Å². The SMILES string of the molecule is CC(C)c1ccc2[nH]c(C(=O)Nc3ccccc3)cc2c1. The van der Waals surface area contributed by atoms with E-state index in [9.17, 15) is 4.79 Å². The minimum Gasteiger partial charge on any atom is -0.351 e. The number of rotatable bonds is 3. The monoisotopic (exact) mass is 278 g/mol. The molecule has 0 saturated carbocycles. The van der Waals surface area contributed by atoms with Gasteiger partial charge in [-0.3, -0.25) is 4.79 Å². The zero-order valence-corrected chi connectivity index (χ0v) is 12.2. The van der Waals surface area contributed by atoms with Crippen molar-refractivity contribution >= 4 is 22.5 Å². The van der Waals surface area contributed by atoms with Crippen molar-refractivity contribution in [1.82, 2.24) is 4.98 Å². The Kier molecular flexibility index (Phi) is 3.48. The van der Waals surface area contributed by atoms with Crippen LogP contribution in [0.1, 0.15) is 35.8 Å². The van der Waals surface area contributed by atoms with Crippen LogP contribution in [0.15, 0.2) is 54.6 Å². The van der Waals surface area contributed by atoms with Crippen molar-refractivity contribution in [3.63, 3.8) is 0 Å². The lowest BCUT2D eigenvalue weighted by Crippen LogP contribution is -2.11. The molecule has 2 aromatic carbocycles. The number of hydrogen-bond donors (Lipinski definition) is 2. The molecule has 3 rings (SSSR count). The number of carbonyl (C=O) groups excluding carboxylic acids is 1. The summed E-state index contributed by atoms with van der Waals surface area (Å²) in [6.45, 7) is 4.33. The quantitative estimate of drug-likeness (QED) is 0.725. The molecule has 0 aliphatic rings. The van der Waals surface area contributed by atoms with Gasteiger partial charge in [-0.05, 0) is 41.8 Å². The average Bonchev–Trinajstić information content (AvgIpc) is 2.91. The van der Waals surface area contributed by atoms with Crippen LogP contribution in [0.3, 0.4) is 0 Å². The van der Waals surface area contributed by atoms with Gasteiger partial charge in [-0.15, -0.1) is 0 Å². The molecule has 3 aromatic rings. The minimum atomic E-state index is -0.122. The number of hydrogen-bond acceptors (Lipinski definition) is 1. The summed E-state index contributed by atoms with van der Waals surface area (Å²) in [6.07, 6.45) is 0. The van der Waals surface area contributed by atoms with Gasteiger partial charge in [0.2, 0.25) is 0 Å². The summed E-state index contributed by atoms with van der Waals surface area (Å²) in [5.41, 5.74) is 3.63. The molecule has 3 nitrogen and oxygen atoms in total. The Morgan fingerprint density at radius 2 is 1.81 bits per heavy atom. The fourth-order valence-electron chi connectivity index (χ4n) is 2.35. The largest absolute Gasteiger partial charge is 0.351 e. The van der Waals surface area contributed by atoms with Gasteiger partial charge in [0.1, 0.15) is 5.69 Å². The van der Waals surface area contributed by atoms with E-state index in [2.05, 4.69) is 36.3 Å². The van der Waals surface area contributed by atoms with E-state index in [0.29, 0.717) is 11.6 Å². The molecule has 0 spiro atoms. The van der Waals surface area contributed by atoms with Crippen LogP contribution in [0.25, 0.3) is 10.9 Å². The van der Waals surface area contributed by atoms with Crippen molar-refractivity contribution in [1.29, 1.82) is 0 Å². The van der Waals surface area contributed by atoms with E-state index in [4.69, 9.17) is 0 Å². The van der Waals surface area contributed by atoms with Crippen LogP contribution in [0.5, 0.6) is 0 Å². The summed E-state index contributed by atoms with van der Waals surface area (Å²) < 4.78 is 0. The summed E-state index contributed by atoms with van der Waals surface area (Å²) in [5, 5.41) is 3.96. The summed E-state index contributed by atoms with van der Waals surface area (Å²) in [7, 11) is 0. The predicted octanol–water partition coefficient (Wildman–Crippen LogP) is 4.54. The first-order chi connectivity index (χ1) is 10.1. The van der Waals surface area contributed by atoms with Crippen molar-refractivity contribution in [2.24, 2.45) is 0 Å². The van der Waals surface area contributed by atoms with Crippen LogP contribution in [0.4, 0.5) is 5.69 Å². The third kappa shape index (κ3) is 2.82. The predicted molar refractivity (Wildman–Crippen MR) is 86.8 cm³/mol. The Labute approximate surface area is 124 Å². The van der Waals surface area contributed by atoms with Crippen molar-refractivity contribution in [3.05, 3.63) is 65.9 Å². The van der Waals surface area contributed by atoms with E-state index in [1.54, 1.807) is 0 Å². The van der Waals surface area contributed by atoms with Gasteiger partial charge in [0.05, 0.1) is 0 Å². The summed E-state index contributed by atoms with van der Waals surface area (Å²) >= 11 is 0. The lowest BCUT2D eigenvalue weighted by Gasteiger charge is -2.03. The Hall–Kier alpha value is -2.55. The average molecular weight is 278 g/mol. The highest BCUT2D eigenvalue weighted by Gasteiger charge is 2.10. The van der Waals surface area contributed by atoms with Crippen LogP contribution in [0.2, 0.25) is 0 Å². The Balaban J connectivity index is 1.88. The van der Waals surface area contributed by atoms with Crippen LogP contribution >= 0.6 is 0 Å². The first-order valence-electron chi connectivity index (χ1n) is 7.12. The van der Waals surface area contributed by atoms with Crippen molar-refractivity contribution in [2.75, 3.05) is 5.32 Å². The number of para-hydroxylation sites is 1. The van der Waals surface area contributed by atoms with E-state index in [-0.39, 0.29) is 5.91 Å². The molecule has 1 heterocycles. The Bertz CT molecular complexity index is 772. The maximum atomic E-state index is 12.3. The van der Waals surface area contributed by atoms with Crippen LogP contribution in [0, 0.1) is 0 Å². The molecule has 0 aliphatic heterocycles. The van der Waals surface area contributed by atoms with E-state index in [1.165, 1.54) is 5.56 Å². The number of aromatic nitrogens is 1. The second-order valence-corrected chi connectivity index (χ2v) is 5.50. The number of benzene rings is 2. The fraction of sp³-hybridized carbons (Fsp3) is 0.167. The highest BCUT2D eigenvalue weighted by atomic mass is 16.1. The van der Waals surface area contributed by atoms with Gasteiger partial charge in [0.25, 0.3) is 5.91 Å². The molecule has 0 atom stereocenters. The molecule has 21 heavy (non-hydrogen) atoms. The maximum absolute atomic E-state index is 12.3. The zero-order chi connectivity index (χ0) is 14.8. The van der Waals surface area contributed by atoms with Gasteiger partial charge < -0.3 is 10.3 Å². The standard InChI is InChI=1S/C18H18N2O/c1-12(2)13-8-9-16-14(10-13)11-17(20-16)18(21)19-15-6-4-3-5-7-15/h3-12,20H,1-2H3,(H,19,21). The first kappa shape index (κ1) is 13.4. The molecule has 0 aliphatic carbocycles. The highest BCUT2D eigenvalue weighted by molar-refractivity contribution is 6.05. The molecule has 0 saturated heterocycles. The molecule has 2 N–H and O–H groups in total. The molecular weight excluding hydrogens is 260 g/mol. The summed E-state index contributed by atoms with van der Waals surface area (Å²) in [6, 6.07) is 17.6. The van der Waals surface area contributed by atoms with E-state index in [0.717, 1.165) is 16.6 Å². The normalized spacial score (nSPS) is 11.0. The van der Waals surface area contributed by atoms with Crippen molar-refractivity contribution in [2.45, 2.75) is 19.8 Å². The van der Waals surface area contributed by atoms with E-state index in [1.807, 2.05) is 42.5 Å². The molecule has 0 fully saturated rings. The van der Waals surface area contributed by atoms with Gasteiger partial charge in [-0.25, -0.2) is 0 Å². The smallest absolute Gasteiger partial charge is 0.272 e. The molecule has 0 bridgehead atoms. The Morgan fingerprint density at radius 1 is 1.05 bits per heavy atom.